The largest absolute Gasteiger partial charge is 0.299 e. The highest BCUT2D eigenvalue weighted by Crippen LogP contribution is 2.30. The van der Waals surface area contributed by atoms with Gasteiger partial charge in [0, 0.05) is 0 Å². The predicted octanol–water partition coefficient (Wildman–Crippen LogP) is 3.18. The summed E-state index contributed by atoms with van der Waals surface area (Å²) in [7, 11) is 4.27. The molecule has 1 aromatic rings. The smallest absolute Gasteiger partial charge is 0.0562 e. The van der Waals surface area contributed by atoms with E-state index < -0.39 is 0 Å². The van der Waals surface area contributed by atoms with Gasteiger partial charge in [-0.15, -0.1) is 0 Å². The molecule has 1 atom stereocenters. The van der Waals surface area contributed by atoms with Gasteiger partial charge in [0.2, 0.25) is 0 Å². The van der Waals surface area contributed by atoms with E-state index in [2.05, 4.69) is 67.6 Å². The number of allylic oxidation sites excluding steroid dienone is 3. The lowest BCUT2D eigenvalue weighted by molar-refractivity contribution is 0.335. The molecule has 1 aliphatic carbocycles. The monoisotopic (exact) mass is 199 g/mol. The van der Waals surface area contributed by atoms with Crippen LogP contribution in [0.5, 0.6) is 0 Å². The minimum absolute atomic E-state index is 0.418. The van der Waals surface area contributed by atoms with E-state index in [1.807, 2.05) is 0 Å². The molecule has 0 aliphatic heterocycles. The fourth-order valence-electron chi connectivity index (χ4n) is 2.15. The van der Waals surface area contributed by atoms with Crippen molar-refractivity contribution < 1.29 is 0 Å². The zero-order valence-electron chi connectivity index (χ0n) is 9.35. The number of benzene rings is 1. The topological polar surface area (TPSA) is 3.24 Å². The molecule has 0 N–H and O–H groups in total. The summed E-state index contributed by atoms with van der Waals surface area (Å²) in [5, 5.41) is 0. The van der Waals surface area contributed by atoms with Gasteiger partial charge in [0.15, 0.2) is 0 Å². The Morgan fingerprint density at radius 3 is 2.40 bits per heavy atom. The van der Waals surface area contributed by atoms with Crippen molar-refractivity contribution in [3.05, 3.63) is 59.7 Å². The standard InChI is InChI=1S/C14H17N/c1-15(2)14(13-10-6-7-11-13)12-8-4-3-5-9-12/h3-10,14H,11H2,1-2H3. The van der Waals surface area contributed by atoms with Gasteiger partial charge in [-0.05, 0) is 31.7 Å². The second-order valence-corrected chi connectivity index (χ2v) is 4.15. The first kappa shape index (κ1) is 10.2. The fourth-order valence-corrected chi connectivity index (χ4v) is 2.15. The summed E-state index contributed by atoms with van der Waals surface area (Å²) >= 11 is 0. The molecule has 1 aliphatic rings. The first-order valence-electron chi connectivity index (χ1n) is 5.36. The highest BCUT2D eigenvalue weighted by atomic mass is 15.1. The van der Waals surface area contributed by atoms with Gasteiger partial charge < -0.3 is 0 Å². The molecular formula is C14H17N. The Labute approximate surface area is 91.7 Å². The van der Waals surface area contributed by atoms with Crippen LogP contribution in [0.25, 0.3) is 0 Å². The lowest BCUT2D eigenvalue weighted by Crippen LogP contribution is -2.21. The van der Waals surface area contributed by atoms with Crippen molar-refractivity contribution in [2.24, 2.45) is 0 Å². The van der Waals surface area contributed by atoms with Crippen LogP contribution in [0.1, 0.15) is 18.0 Å². The molecule has 0 aromatic heterocycles. The molecule has 1 heteroatoms. The molecule has 0 heterocycles. The first-order valence-corrected chi connectivity index (χ1v) is 5.36. The SMILES string of the molecule is CN(C)C(C1=CC=CC1)c1ccccc1. The third kappa shape index (κ3) is 2.18. The zero-order chi connectivity index (χ0) is 10.7. The molecule has 1 unspecified atom stereocenters. The maximum Gasteiger partial charge on any atom is 0.0562 e. The molecule has 15 heavy (non-hydrogen) atoms. The van der Waals surface area contributed by atoms with Crippen molar-refractivity contribution in [3.63, 3.8) is 0 Å². The van der Waals surface area contributed by atoms with E-state index in [4.69, 9.17) is 0 Å². The van der Waals surface area contributed by atoms with Crippen molar-refractivity contribution >= 4 is 0 Å². The lowest BCUT2D eigenvalue weighted by atomic mass is 9.97. The molecule has 0 saturated carbocycles. The van der Waals surface area contributed by atoms with Crippen LogP contribution in [-0.2, 0) is 0 Å². The normalized spacial score (nSPS) is 16.9. The van der Waals surface area contributed by atoms with Crippen LogP contribution >= 0.6 is 0 Å². The van der Waals surface area contributed by atoms with Crippen LogP contribution in [0, 0.1) is 0 Å². The summed E-state index contributed by atoms with van der Waals surface area (Å²) < 4.78 is 0. The summed E-state index contributed by atoms with van der Waals surface area (Å²) in [6, 6.07) is 11.1. The second-order valence-electron chi connectivity index (χ2n) is 4.15. The van der Waals surface area contributed by atoms with Crippen molar-refractivity contribution in [2.75, 3.05) is 14.1 Å². The quantitative estimate of drug-likeness (QED) is 0.722. The van der Waals surface area contributed by atoms with Gasteiger partial charge in [-0.1, -0.05) is 48.6 Å². The summed E-state index contributed by atoms with van der Waals surface area (Å²) in [5.41, 5.74) is 2.85. The lowest BCUT2D eigenvalue weighted by Gasteiger charge is -2.26. The number of hydrogen-bond donors (Lipinski definition) is 0. The highest BCUT2D eigenvalue weighted by molar-refractivity contribution is 5.34. The van der Waals surface area contributed by atoms with E-state index in [0.29, 0.717) is 6.04 Å². The van der Waals surface area contributed by atoms with Crippen LogP contribution in [-0.4, -0.2) is 19.0 Å². The maximum absolute atomic E-state index is 2.27. The molecular weight excluding hydrogens is 182 g/mol. The van der Waals surface area contributed by atoms with E-state index in [9.17, 15) is 0 Å². The van der Waals surface area contributed by atoms with E-state index in [1.165, 1.54) is 11.1 Å². The van der Waals surface area contributed by atoms with E-state index >= 15 is 0 Å². The molecule has 0 fully saturated rings. The van der Waals surface area contributed by atoms with Gasteiger partial charge in [0.05, 0.1) is 6.04 Å². The zero-order valence-corrected chi connectivity index (χ0v) is 9.35. The van der Waals surface area contributed by atoms with Crippen molar-refractivity contribution in [3.8, 4) is 0 Å². The second kappa shape index (κ2) is 4.45. The molecule has 0 amide bonds. The predicted molar refractivity (Wildman–Crippen MR) is 64.7 cm³/mol. The van der Waals surface area contributed by atoms with Crippen molar-refractivity contribution in [2.45, 2.75) is 12.5 Å². The summed E-state index contributed by atoms with van der Waals surface area (Å²) in [6.45, 7) is 0. The Balaban J connectivity index is 2.28. The van der Waals surface area contributed by atoms with Crippen LogP contribution in [0.15, 0.2) is 54.1 Å². The summed E-state index contributed by atoms with van der Waals surface area (Å²) in [4.78, 5) is 2.27. The Morgan fingerprint density at radius 2 is 1.87 bits per heavy atom. The molecule has 78 valence electrons. The van der Waals surface area contributed by atoms with Gasteiger partial charge in [-0.3, -0.25) is 4.90 Å². The minimum Gasteiger partial charge on any atom is -0.299 e. The third-order valence-electron chi connectivity index (χ3n) is 2.78. The van der Waals surface area contributed by atoms with Gasteiger partial charge in [0.1, 0.15) is 0 Å². The average Bonchev–Trinajstić information content (AvgIpc) is 2.72. The van der Waals surface area contributed by atoms with Crippen LogP contribution < -0.4 is 0 Å². The number of nitrogens with zero attached hydrogens (tertiary/aromatic N) is 1. The Kier molecular flexibility index (Phi) is 3.02. The molecule has 1 nitrogen and oxygen atoms in total. The highest BCUT2D eigenvalue weighted by Gasteiger charge is 2.18. The summed E-state index contributed by atoms with van der Waals surface area (Å²) in [6.07, 6.45) is 7.68. The fraction of sp³-hybridized carbons (Fsp3) is 0.286. The van der Waals surface area contributed by atoms with Gasteiger partial charge in [-0.2, -0.15) is 0 Å². The number of likely N-dealkylation sites (N-methyl/N-ethyl adjacent to an activating group) is 1. The average molecular weight is 199 g/mol. The molecule has 0 saturated heterocycles. The number of rotatable bonds is 3. The third-order valence-corrected chi connectivity index (χ3v) is 2.78. The van der Waals surface area contributed by atoms with Crippen molar-refractivity contribution in [1.29, 1.82) is 0 Å². The summed E-state index contributed by atoms with van der Waals surface area (Å²) in [5.74, 6) is 0. The van der Waals surface area contributed by atoms with E-state index in [0.717, 1.165) is 6.42 Å². The van der Waals surface area contributed by atoms with E-state index in [1.54, 1.807) is 0 Å². The van der Waals surface area contributed by atoms with Crippen LogP contribution in [0.4, 0.5) is 0 Å². The molecule has 0 radical (unpaired) electrons. The van der Waals surface area contributed by atoms with E-state index in [-0.39, 0.29) is 0 Å². The molecule has 0 spiro atoms. The van der Waals surface area contributed by atoms with Crippen molar-refractivity contribution in [1.82, 2.24) is 4.90 Å². The first-order chi connectivity index (χ1) is 7.29. The Morgan fingerprint density at radius 1 is 1.13 bits per heavy atom. The van der Waals surface area contributed by atoms with Crippen LogP contribution in [0.3, 0.4) is 0 Å². The Bertz CT molecular complexity index is 374. The van der Waals surface area contributed by atoms with Crippen LogP contribution in [0.2, 0.25) is 0 Å². The Hall–Kier alpha value is -1.34. The molecule has 0 bridgehead atoms. The van der Waals surface area contributed by atoms with Gasteiger partial charge in [-0.25, -0.2) is 0 Å². The molecule has 2 rings (SSSR count). The maximum atomic E-state index is 2.27. The van der Waals surface area contributed by atoms with Gasteiger partial charge >= 0.3 is 0 Å². The molecule has 1 aromatic carbocycles. The minimum atomic E-state index is 0.418. The van der Waals surface area contributed by atoms with Gasteiger partial charge in [0.25, 0.3) is 0 Å². The number of hydrogen-bond acceptors (Lipinski definition) is 1.